The Morgan fingerprint density at radius 1 is 1.00 bits per heavy atom. The number of aromatic nitrogens is 2. The van der Waals surface area contributed by atoms with Gasteiger partial charge in [0.25, 0.3) is 0 Å². The van der Waals surface area contributed by atoms with Crippen LogP contribution < -0.4 is 4.90 Å². The van der Waals surface area contributed by atoms with Crippen LogP contribution in [0.4, 0.5) is 5.82 Å². The number of anilines is 1. The van der Waals surface area contributed by atoms with Gasteiger partial charge in [-0.05, 0) is 38.2 Å². The van der Waals surface area contributed by atoms with E-state index in [1.165, 1.54) is 44.3 Å². The van der Waals surface area contributed by atoms with E-state index >= 15 is 0 Å². The summed E-state index contributed by atoms with van der Waals surface area (Å²) in [5.41, 5.74) is 2.48. The fourth-order valence-corrected chi connectivity index (χ4v) is 3.80. The molecule has 1 saturated heterocycles. The molecule has 2 fully saturated rings. The predicted octanol–water partition coefficient (Wildman–Crippen LogP) is 3.42. The van der Waals surface area contributed by atoms with Gasteiger partial charge < -0.3 is 4.90 Å². The average molecular weight is 322 g/mol. The summed E-state index contributed by atoms with van der Waals surface area (Å²) in [6.07, 6.45) is 6.80. The minimum atomic E-state index is 0.624. The molecule has 0 unspecified atom stereocenters. The van der Waals surface area contributed by atoms with Gasteiger partial charge in [0.15, 0.2) is 0 Å². The molecule has 1 aliphatic carbocycles. The highest BCUT2D eigenvalue weighted by molar-refractivity contribution is 5.43. The number of nitrogens with zero attached hydrogens (tertiary/aromatic N) is 4. The quantitative estimate of drug-likeness (QED) is 0.844. The van der Waals surface area contributed by atoms with Crippen LogP contribution >= 0.6 is 0 Å². The maximum Gasteiger partial charge on any atom is 0.132 e. The van der Waals surface area contributed by atoms with Crippen molar-refractivity contribution >= 4 is 5.82 Å². The van der Waals surface area contributed by atoms with Gasteiger partial charge in [-0.2, -0.15) is 0 Å². The van der Waals surface area contributed by atoms with Crippen molar-refractivity contribution in [3.05, 3.63) is 54.0 Å². The summed E-state index contributed by atoms with van der Waals surface area (Å²) >= 11 is 0. The Labute approximate surface area is 144 Å². The van der Waals surface area contributed by atoms with E-state index in [4.69, 9.17) is 0 Å². The molecule has 1 aliphatic heterocycles. The lowest BCUT2D eigenvalue weighted by Gasteiger charge is -2.39. The first-order chi connectivity index (χ1) is 11.8. The molecule has 1 aromatic heterocycles. The molecule has 0 N–H and O–H groups in total. The van der Waals surface area contributed by atoms with Crippen molar-refractivity contribution in [1.29, 1.82) is 0 Å². The molecule has 0 spiro atoms. The Bertz CT molecular complexity index is 660. The first-order valence-corrected chi connectivity index (χ1v) is 9.13. The zero-order valence-electron chi connectivity index (χ0n) is 14.4. The first-order valence-electron chi connectivity index (χ1n) is 9.13. The standard InChI is InChI=1S/C20H26N4/c1-16-13-20(22-15-21-16)24(18-7-8-18)19-9-11-23(12-10-19)14-17-5-3-2-4-6-17/h2-6,13,15,18-19H,7-12,14H2,1H3. The van der Waals surface area contributed by atoms with Gasteiger partial charge in [-0.15, -0.1) is 0 Å². The summed E-state index contributed by atoms with van der Waals surface area (Å²) in [4.78, 5) is 14.0. The maximum absolute atomic E-state index is 4.56. The number of hydrogen-bond acceptors (Lipinski definition) is 4. The molecule has 24 heavy (non-hydrogen) atoms. The summed E-state index contributed by atoms with van der Waals surface area (Å²) in [5, 5.41) is 0. The van der Waals surface area contributed by atoms with E-state index in [0.29, 0.717) is 12.1 Å². The third kappa shape index (κ3) is 3.59. The monoisotopic (exact) mass is 322 g/mol. The fraction of sp³-hybridized carbons (Fsp3) is 0.500. The topological polar surface area (TPSA) is 32.3 Å². The van der Waals surface area contributed by atoms with E-state index < -0.39 is 0 Å². The zero-order valence-corrected chi connectivity index (χ0v) is 14.4. The van der Waals surface area contributed by atoms with Gasteiger partial charge in [0.2, 0.25) is 0 Å². The molecule has 2 aliphatic rings. The Balaban J connectivity index is 1.40. The molecule has 0 atom stereocenters. The number of hydrogen-bond donors (Lipinski definition) is 0. The van der Waals surface area contributed by atoms with E-state index in [1.54, 1.807) is 6.33 Å². The second-order valence-electron chi connectivity index (χ2n) is 7.15. The summed E-state index contributed by atoms with van der Waals surface area (Å²) in [6, 6.07) is 14.3. The highest BCUT2D eigenvalue weighted by Crippen LogP contribution is 2.35. The van der Waals surface area contributed by atoms with Crippen LogP contribution in [0.3, 0.4) is 0 Å². The summed E-state index contributed by atoms with van der Waals surface area (Å²) in [7, 11) is 0. The van der Waals surface area contributed by atoms with E-state index in [9.17, 15) is 0 Å². The van der Waals surface area contributed by atoms with Crippen molar-refractivity contribution in [3.8, 4) is 0 Å². The highest BCUT2D eigenvalue weighted by Gasteiger charge is 2.36. The van der Waals surface area contributed by atoms with Gasteiger partial charge in [0, 0.05) is 43.5 Å². The van der Waals surface area contributed by atoms with Gasteiger partial charge in [0.1, 0.15) is 12.1 Å². The van der Waals surface area contributed by atoms with Gasteiger partial charge in [-0.25, -0.2) is 9.97 Å². The van der Waals surface area contributed by atoms with Crippen LogP contribution in [0.5, 0.6) is 0 Å². The van der Waals surface area contributed by atoms with Gasteiger partial charge in [-0.3, -0.25) is 4.90 Å². The Hall–Kier alpha value is -1.94. The van der Waals surface area contributed by atoms with E-state index in [1.807, 2.05) is 0 Å². The Morgan fingerprint density at radius 3 is 2.38 bits per heavy atom. The van der Waals surface area contributed by atoms with Crippen LogP contribution in [0.2, 0.25) is 0 Å². The lowest BCUT2D eigenvalue weighted by Crippen LogP contribution is -2.46. The predicted molar refractivity (Wildman–Crippen MR) is 97.0 cm³/mol. The van der Waals surface area contributed by atoms with Gasteiger partial charge >= 0.3 is 0 Å². The van der Waals surface area contributed by atoms with E-state index in [2.05, 4.69) is 63.1 Å². The van der Waals surface area contributed by atoms with Gasteiger partial charge in [0.05, 0.1) is 0 Å². The van der Waals surface area contributed by atoms with E-state index in [-0.39, 0.29) is 0 Å². The molecule has 2 aromatic rings. The molecule has 4 heteroatoms. The second kappa shape index (κ2) is 6.89. The fourth-order valence-electron chi connectivity index (χ4n) is 3.80. The number of benzene rings is 1. The summed E-state index contributed by atoms with van der Waals surface area (Å²) < 4.78 is 0. The van der Waals surface area contributed by atoms with Crippen molar-refractivity contribution in [1.82, 2.24) is 14.9 Å². The highest BCUT2D eigenvalue weighted by atomic mass is 15.3. The Kier molecular flexibility index (Phi) is 4.48. The Morgan fingerprint density at radius 2 is 1.71 bits per heavy atom. The van der Waals surface area contributed by atoms with Crippen molar-refractivity contribution in [2.75, 3.05) is 18.0 Å². The van der Waals surface area contributed by atoms with Crippen molar-refractivity contribution in [3.63, 3.8) is 0 Å². The third-order valence-electron chi connectivity index (χ3n) is 5.19. The number of rotatable bonds is 5. The normalized spacial score (nSPS) is 19.4. The largest absolute Gasteiger partial charge is 0.350 e. The SMILES string of the molecule is Cc1cc(N(C2CC2)C2CCN(Cc3ccccc3)CC2)ncn1. The zero-order chi connectivity index (χ0) is 16.4. The van der Waals surface area contributed by atoms with Crippen LogP contribution in [0.15, 0.2) is 42.7 Å². The van der Waals surface area contributed by atoms with Gasteiger partial charge in [-0.1, -0.05) is 30.3 Å². The molecule has 4 rings (SSSR count). The molecule has 126 valence electrons. The van der Waals surface area contributed by atoms with Crippen molar-refractivity contribution < 1.29 is 0 Å². The van der Waals surface area contributed by atoms with Crippen LogP contribution in [0, 0.1) is 6.92 Å². The van der Waals surface area contributed by atoms with Crippen LogP contribution in [-0.4, -0.2) is 40.0 Å². The molecule has 1 aromatic carbocycles. The minimum Gasteiger partial charge on any atom is -0.350 e. The molecule has 1 saturated carbocycles. The number of likely N-dealkylation sites (tertiary alicyclic amines) is 1. The third-order valence-corrected chi connectivity index (χ3v) is 5.19. The minimum absolute atomic E-state index is 0.624. The van der Waals surface area contributed by atoms with Crippen molar-refractivity contribution in [2.24, 2.45) is 0 Å². The number of piperidine rings is 1. The molecular formula is C20H26N4. The van der Waals surface area contributed by atoms with E-state index in [0.717, 1.165) is 18.1 Å². The molecule has 0 radical (unpaired) electrons. The molecule has 4 nitrogen and oxygen atoms in total. The molecule has 2 heterocycles. The lowest BCUT2D eigenvalue weighted by atomic mass is 10.0. The molecular weight excluding hydrogens is 296 g/mol. The van der Waals surface area contributed by atoms with Crippen molar-refractivity contribution in [2.45, 2.75) is 51.2 Å². The average Bonchev–Trinajstić information content (AvgIpc) is 3.43. The first kappa shape index (κ1) is 15.6. The number of aryl methyl sites for hydroxylation is 1. The summed E-state index contributed by atoms with van der Waals surface area (Å²) in [6.45, 7) is 5.47. The lowest BCUT2D eigenvalue weighted by molar-refractivity contribution is 0.200. The van der Waals surface area contributed by atoms with Crippen LogP contribution in [0.25, 0.3) is 0 Å². The molecule has 0 amide bonds. The van der Waals surface area contributed by atoms with Crippen LogP contribution in [-0.2, 0) is 6.54 Å². The second-order valence-corrected chi connectivity index (χ2v) is 7.15. The maximum atomic E-state index is 4.56. The van der Waals surface area contributed by atoms with Crippen LogP contribution in [0.1, 0.15) is 36.9 Å². The summed E-state index contributed by atoms with van der Waals surface area (Å²) in [5.74, 6) is 1.13. The molecule has 0 bridgehead atoms. The smallest absolute Gasteiger partial charge is 0.132 e.